The average molecular weight is 282 g/mol. The molecule has 1 rings (SSSR count). The Labute approximate surface area is 125 Å². The van der Waals surface area contributed by atoms with Crippen LogP contribution in [0.2, 0.25) is 0 Å². The minimum absolute atomic E-state index is 0.148. The number of nitrogens with one attached hydrogen (secondary N) is 1. The molecule has 0 aromatic heterocycles. The quantitative estimate of drug-likeness (QED) is 0.388. The van der Waals surface area contributed by atoms with E-state index in [2.05, 4.69) is 18.8 Å². The third kappa shape index (κ3) is 6.38. The lowest BCUT2D eigenvalue weighted by molar-refractivity contribution is 0.145. The van der Waals surface area contributed by atoms with Gasteiger partial charge in [-0.15, -0.1) is 0 Å². The molecule has 20 heavy (non-hydrogen) atoms. The highest BCUT2D eigenvalue weighted by atomic mass is 16.5. The van der Waals surface area contributed by atoms with Gasteiger partial charge in [-0.1, -0.05) is 44.8 Å². The van der Waals surface area contributed by atoms with Crippen molar-refractivity contribution in [3.63, 3.8) is 0 Å². The van der Waals surface area contributed by atoms with E-state index in [4.69, 9.17) is 10.5 Å². The summed E-state index contributed by atoms with van der Waals surface area (Å²) in [4.78, 5) is 0. The molecule has 3 nitrogen and oxygen atoms in total. The van der Waals surface area contributed by atoms with Crippen LogP contribution in [0.3, 0.4) is 0 Å². The maximum atomic E-state index is 6.07. The lowest BCUT2D eigenvalue weighted by Gasteiger charge is -2.33. The highest BCUT2D eigenvalue weighted by Gasteiger charge is 2.30. The van der Waals surface area contributed by atoms with Gasteiger partial charge in [0.05, 0.1) is 13.2 Å². The Hall–Kier alpha value is -0.380. The van der Waals surface area contributed by atoms with E-state index >= 15 is 0 Å². The summed E-state index contributed by atoms with van der Waals surface area (Å²) in [6.45, 7) is 11.2. The summed E-state index contributed by atoms with van der Waals surface area (Å²) < 4.78 is 5.56. The van der Waals surface area contributed by atoms with Gasteiger partial charge >= 0.3 is 0 Å². The number of nitrogens with two attached hydrogens (primary N) is 1. The van der Waals surface area contributed by atoms with Crippen LogP contribution >= 0.6 is 0 Å². The lowest BCUT2D eigenvalue weighted by Crippen LogP contribution is -2.52. The summed E-state index contributed by atoms with van der Waals surface area (Å²) in [5.74, 6) is 0.912. The molecule has 1 fully saturated rings. The Morgan fingerprint density at radius 1 is 1.40 bits per heavy atom. The molecular formula is C17H34N2O. The molecule has 1 saturated carbocycles. The smallest absolute Gasteiger partial charge is 0.0672 e. The second-order valence-corrected chi connectivity index (χ2v) is 6.51. The van der Waals surface area contributed by atoms with Gasteiger partial charge in [0.1, 0.15) is 0 Å². The van der Waals surface area contributed by atoms with Crippen molar-refractivity contribution in [2.45, 2.75) is 64.3 Å². The van der Waals surface area contributed by atoms with Crippen LogP contribution in [-0.4, -0.2) is 31.8 Å². The standard InChI is InChI=1S/C17H34N2O/c1-4-6-16-7-5-9-17(14-18,10-8-16)19-11-12-20-13-15(2)3/h16,19H,2,4-14,18H2,1,3H3. The molecule has 0 radical (unpaired) electrons. The maximum absolute atomic E-state index is 6.07. The van der Waals surface area contributed by atoms with Gasteiger partial charge in [0.2, 0.25) is 0 Å². The van der Waals surface area contributed by atoms with Gasteiger partial charge in [-0.3, -0.25) is 0 Å². The fraction of sp³-hybridized carbons (Fsp3) is 0.882. The molecule has 0 spiro atoms. The van der Waals surface area contributed by atoms with Crippen molar-refractivity contribution >= 4 is 0 Å². The second-order valence-electron chi connectivity index (χ2n) is 6.51. The predicted octanol–water partition coefficient (Wildman–Crippen LogP) is 3.25. The Balaban J connectivity index is 2.33. The van der Waals surface area contributed by atoms with Crippen molar-refractivity contribution < 1.29 is 4.74 Å². The molecule has 0 aromatic carbocycles. The van der Waals surface area contributed by atoms with Crippen molar-refractivity contribution in [3.05, 3.63) is 12.2 Å². The minimum Gasteiger partial charge on any atom is -0.376 e. The SMILES string of the molecule is C=C(C)COCCNC1(CN)CCCC(CCC)CC1. The van der Waals surface area contributed by atoms with Gasteiger partial charge in [-0.05, 0) is 32.1 Å². The van der Waals surface area contributed by atoms with E-state index < -0.39 is 0 Å². The van der Waals surface area contributed by atoms with Gasteiger partial charge in [-0.2, -0.15) is 0 Å². The summed E-state index contributed by atoms with van der Waals surface area (Å²) in [7, 11) is 0. The minimum atomic E-state index is 0.148. The zero-order valence-corrected chi connectivity index (χ0v) is 13.5. The molecule has 0 aromatic rings. The van der Waals surface area contributed by atoms with Crippen LogP contribution in [-0.2, 0) is 4.74 Å². The fourth-order valence-corrected chi connectivity index (χ4v) is 3.26. The molecule has 118 valence electrons. The van der Waals surface area contributed by atoms with Gasteiger partial charge in [-0.25, -0.2) is 0 Å². The molecule has 1 aliphatic carbocycles. The number of hydrogen-bond acceptors (Lipinski definition) is 3. The predicted molar refractivity (Wildman–Crippen MR) is 86.9 cm³/mol. The van der Waals surface area contributed by atoms with Crippen LogP contribution in [0, 0.1) is 5.92 Å². The summed E-state index contributed by atoms with van der Waals surface area (Å²) in [6, 6.07) is 0. The molecule has 3 heteroatoms. The molecule has 0 aliphatic heterocycles. The highest BCUT2D eigenvalue weighted by molar-refractivity contribution is 4.92. The molecule has 0 saturated heterocycles. The molecular weight excluding hydrogens is 248 g/mol. The van der Waals surface area contributed by atoms with Gasteiger partial charge < -0.3 is 15.8 Å². The van der Waals surface area contributed by atoms with Crippen LogP contribution < -0.4 is 11.1 Å². The first-order valence-corrected chi connectivity index (χ1v) is 8.29. The first-order chi connectivity index (χ1) is 9.62. The van der Waals surface area contributed by atoms with E-state index in [1.165, 1.54) is 44.9 Å². The summed E-state index contributed by atoms with van der Waals surface area (Å²) >= 11 is 0. The van der Waals surface area contributed by atoms with Crippen LogP contribution in [0.15, 0.2) is 12.2 Å². The van der Waals surface area contributed by atoms with Gasteiger partial charge in [0, 0.05) is 18.6 Å². The Morgan fingerprint density at radius 2 is 2.20 bits per heavy atom. The lowest BCUT2D eigenvalue weighted by atomic mass is 9.89. The largest absolute Gasteiger partial charge is 0.376 e. The molecule has 0 heterocycles. The van der Waals surface area contributed by atoms with E-state index in [0.29, 0.717) is 6.61 Å². The van der Waals surface area contributed by atoms with Crippen molar-refractivity contribution in [1.29, 1.82) is 0 Å². The zero-order chi connectivity index (χ0) is 14.8. The molecule has 0 amide bonds. The van der Waals surface area contributed by atoms with E-state index in [-0.39, 0.29) is 5.54 Å². The fourth-order valence-electron chi connectivity index (χ4n) is 3.26. The first-order valence-electron chi connectivity index (χ1n) is 8.29. The summed E-state index contributed by atoms with van der Waals surface area (Å²) in [6.07, 6.45) is 9.12. The number of rotatable bonds is 9. The van der Waals surface area contributed by atoms with E-state index in [0.717, 1.165) is 31.2 Å². The van der Waals surface area contributed by atoms with E-state index in [9.17, 15) is 0 Å². The van der Waals surface area contributed by atoms with Gasteiger partial charge in [0.15, 0.2) is 0 Å². The monoisotopic (exact) mass is 282 g/mol. The third-order valence-corrected chi connectivity index (χ3v) is 4.48. The average Bonchev–Trinajstić information content (AvgIpc) is 2.62. The highest BCUT2D eigenvalue weighted by Crippen LogP contribution is 2.32. The zero-order valence-electron chi connectivity index (χ0n) is 13.5. The van der Waals surface area contributed by atoms with E-state index in [1.54, 1.807) is 0 Å². The Kier molecular flexibility index (Phi) is 8.43. The second kappa shape index (κ2) is 9.54. The Morgan fingerprint density at radius 3 is 2.85 bits per heavy atom. The van der Waals surface area contributed by atoms with Gasteiger partial charge in [0.25, 0.3) is 0 Å². The summed E-state index contributed by atoms with van der Waals surface area (Å²) in [5, 5.41) is 3.68. The van der Waals surface area contributed by atoms with Crippen LogP contribution in [0.1, 0.15) is 58.8 Å². The van der Waals surface area contributed by atoms with Crippen LogP contribution in [0.25, 0.3) is 0 Å². The van der Waals surface area contributed by atoms with E-state index in [1.807, 2.05) is 6.92 Å². The van der Waals surface area contributed by atoms with Crippen LogP contribution in [0.5, 0.6) is 0 Å². The molecule has 0 bridgehead atoms. The van der Waals surface area contributed by atoms with Crippen molar-refractivity contribution in [2.24, 2.45) is 11.7 Å². The topological polar surface area (TPSA) is 47.3 Å². The van der Waals surface area contributed by atoms with Crippen molar-refractivity contribution in [2.75, 3.05) is 26.3 Å². The first kappa shape index (κ1) is 17.7. The van der Waals surface area contributed by atoms with Crippen LogP contribution in [0.4, 0.5) is 0 Å². The number of ether oxygens (including phenoxy) is 1. The number of hydrogen-bond donors (Lipinski definition) is 2. The van der Waals surface area contributed by atoms with Crippen molar-refractivity contribution in [1.82, 2.24) is 5.32 Å². The molecule has 2 atom stereocenters. The van der Waals surface area contributed by atoms with Crippen molar-refractivity contribution in [3.8, 4) is 0 Å². The molecule has 2 unspecified atom stereocenters. The maximum Gasteiger partial charge on any atom is 0.0672 e. The Bertz CT molecular complexity index is 280. The third-order valence-electron chi connectivity index (χ3n) is 4.48. The molecule has 3 N–H and O–H groups in total. The normalized spacial score (nSPS) is 27.2. The molecule has 1 aliphatic rings. The summed E-state index contributed by atoms with van der Waals surface area (Å²) in [5.41, 5.74) is 7.30.